The Morgan fingerprint density at radius 1 is 1.31 bits per heavy atom. The van der Waals surface area contributed by atoms with Gasteiger partial charge in [-0.1, -0.05) is 12.1 Å². The maximum absolute atomic E-state index is 9.58. The van der Waals surface area contributed by atoms with Crippen molar-refractivity contribution in [3.8, 4) is 11.8 Å². The number of allylic oxidation sites excluding steroid dienone is 1. The molecule has 0 spiro atoms. The number of fused-ring (bicyclic) bond motifs is 1. The smallest absolute Gasteiger partial charge is 0.223 e. The molecule has 3 aromatic rings. The summed E-state index contributed by atoms with van der Waals surface area (Å²) in [5.41, 5.74) is 1.60. The lowest BCUT2D eigenvalue weighted by atomic mass is 10.2. The monoisotopic (exact) mass is 346 g/mol. The third kappa shape index (κ3) is 3.16. The van der Waals surface area contributed by atoms with Gasteiger partial charge in [0.15, 0.2) is 5.75 Å². The Bertz CT molecular complexity index is 963. The van der Waals surface area contributed by atoms with Gasteiger partial charge < -0.3 is 15.4 Å². The topological polar surface area (TPSA) is 114 Å². The first-order chi connectivity index (χ1) is 12.8. The predicted molar refractivity (Wildman–Crippen MR) is 93.8 cm³/mol. The number of benzene rings is 1. The molecular formula is C17H14N8O. The maximum Gasteiger partial charge on any atom is 0.223 e. The van der Waals surface area contributed by atoms with E-state index in [9.17, 15) is 5.26 Å². The highest BCUT2D eigenvalue weighted by Gasteiger charge is 2.21. The van der Waals surface area contributed by atoms with Gasteiger partial charge in [0, 0.05) is 12.7 Å². The van der Waals surface area contributed by atoms with Crippen LogP contribution in [0.1, 0.15) is 5.69 Å². The van der Waals surface area contributed by atoms with Gasteiger partial charge in [-0.2, -0.15) is 10.4 Å². The van der Waals surface area contributed by atoms with E-state index in [1.807, 2.05) is 24.3 Å². The van der Waals surface area contributed by atoms with Crippen LogP contribution in [0.4, 0.5) is 11.6 Å². The maximum atomic E-state index is 9.58. The third-order valence-electron chi connectivity index (χ3n) is 3.69. The normalized spacial score (nSPS) is 14.0. The zero-order valence-electron chi connectivity index (χ0n) is 13.6. The van der Waals surface area contributed by atoms with E-state index in [0.29, 0.717) is 41.9 Å². The highest BCUT2D eigenvalue weighted by Crippen LogP contribution is 2.35. The van der Waals surface area contributed by atoms with Gasteiger partial charge in [0.25, 0.3) is 0 Å². The van der Waals surface area contributed by atoms with Crippen LogP contribution >= 0.6 is 0 Å². The zero-order valence-corrected chi connectivity index (χ0v) is 13.6. The number of aromatic nitrogens is 5. The van der Waals surface area contributed by atoms with Crippen LogP contribution in [0.3, 0.4) is 0 Å². The molecule has 0 fully saturated rings. The van der Waals surface area contributed by atoms with Gasteiger partial charge in [-0.15, -0.1) is 0 Å². The number of para-hydroxylation sites is 2. The molecule has 3 heterocycles. The highest BCUT2D eigenvalue weighted by atomic mass is 16.5. The van der Waals surface area contributed by atoms with Gasteiger partial charge >= 0.3 is 0 Å². The van der Waals surface area contributed by atoms with Crippen molar-refractivity contribution in [2.24, 2.45) is 0 Å². The Labute approximate surface area is 149 Å². The Morgan fingerprint density at radius 2 is 2.23 bits per heavy atom. The largest absolute Gasteiger partial charge is 0.437 e. The molecule has 0 saturated heterocycles. The fraction of sp³-hybridized carbons (Fsp3) is 0.118. The second-order valence-corrected chi connectivity index (χ2v) is 5.39. The fourth-order valence-electron chi connectivity index (χ4n) is 2.47. The van der Waals surface area contributed by atoms with Crippen LogP contribution in [0.15, 0.2) is 55.1 Å². The predicted octanol–water partition coefficient (Wildman–Crippen LogP) is 1.88. The van der Waals surface area contributed by atoms with Crippen molar-refractivity contribution in [1.82, 2.24) is 24.7 Å². The molecule has 0 amide bonds. The van der Waals surface area contributed by atoms with Crippen molar-refractivity contribution >= 4 is 17.2 Å². The Morgan fingerprint density at radius 3 is 3.04 bits per heavy atom. The van der Waals surface area contributed by atoms with E-state index in [4.69, 9.17) is 4.74 Å². The number of anilines is 2. The van der Waals surface area contributed by atoms with Crippen LogP contribution < -0.4 is 15.4 Å². The number of hydrogen-bond donors (Lipinski definition) is 2. The lowest BCUT2D eigenvalue weighted by molar-refractivity contribution is 0.460. The molecule has 9 nitrogen and oxygen atoms in total. The summed E-state index contributed by atoms with van der Waals surface area (Å²) in [7, 11) is 0. The van der Waals surface area contributed by atoms with Gasteiger partial charge in [0.2, 0.25) is 11.8 Å². The lowest BCUT2D eigenvalue weighted by Crippen LogP contribution is -2.13. The Hall–Kier alpha value is -3.93. The average Bonchev–Trinajstić information content (AvgIpc) is 3.32. The van der Waals surface area contributed by atoms with Crippen LogP contribution in [0.2, 0.25) is 0 Å². The lowest BCUT2D eigenvalue weighted by Gasteiger charge is -2.07. The molecule has 2 N–H and O–H groups in total. The second kappa shape index (κ2) is 6.90. The van der Waals surface area contributed by atoms with Gasteiger partial charge in [0.1, 0.15) is 24.3 Å². The van der Waals surface area contributed by atoms with E-state index >= 15 is 0 Å². The molecule has 128 valence electrons. The van der Waals surface area contributed by atoms with Gasteiger partial charge in [-0.3, -0.25) is 4.68 Å². The Balaban J connectivity index is 1.52. The first-order valence-electron chi connectivity index (χ1n) is 7.91. The summed E-state index contributed by atoms with van der Waals surface area (Å²) in [4.78, 5) is 12.5. The molecule has 0 saturated carbocycles. The third-order valence-corrected chi connectivity index (χ3v) is 3.69. The summed E-state index contributed by atoms with van der Waals surface area (Å²) in [6.45, 7) is 1.20. The van der Waals surface area contributed by atoms with E-state index < -0.39 is 0 Å². The first kappa shape index (κ1) is 15.6. The molecule has 1 aliphatic rings. The number of hydrogen-bond acceptors (Lipinski definition) is 8. The molecule has 0 radical (unpaired) electrons. The molecule has 2 aromatic heterocycles. The molecule has 9 heteroatoms. The number of nitrogens with one attached hydrogen (secondary N) is 2. The van der Waals surface area contributed by atoms with Crippen molar-refractivity contribution in [2.45, 2.75) is 6.54 Å². The number of nitriles is 1. The molecule has 4 rings (SSSR count). The van der Waals surface area contributed by atoms with E-state index in [2.05, 4.69) is 36.8 Å². The van der Waals surface area contributed by atoms with Crippen LogP contribution in [-0.2, 0) is 6.54 Å². The van der Waals surface area contributed by atoms with Crippen molar-refractivity contribution in [2.75, 3.05) is 17.2 Å². The van der Waals surface area contributed by atoms with Gasteiger partial charge in [0.05, 0.1) is 17.9 Å². The van der Waals surface area contributed by atoms with Crippen molar-refractivity contribution in [3.05, 3.63) is 60.8 Å². The van der Waals surface area contributed by atoms with Crippen LogP contribution in [0.25, 0.3) is 5.57 Å². The summed E-state index contributed by atoms with van der Waals surface area (Å²) >= 11 is 0. The fourth-order valence-corrected chi connectivity index (χ4v) is 2.47. The molecule has 1 aromatic carbocycles. The van der Waals surface area contributed by atoms with E-state index in [1.165, 1.54) is 6.33 Å². The minimum Gasteiger partial charge on any atom is -0.437 e. The second-order valence-electron chi connectivity index (χ2n) is 5.39. The van der Waals surface area contributed by atoms with E-state index in [0.717, 1.165) is 5.69 Å². The molecule has 1 aliphatic heterocycles. The Kier molecular flexibility index (Phi) is 4.14. The van der Waals surface area contributed by atoms with Crippen LogP contribution in [0.5, 0.6) is 5.75 Å². The van der Waals surface area contributed by atoms with Crippen molar-refractivity contribution in [1.29, 1.82) is 5.26 Å². The minimum atomic E-state index is 0.308. The summed E-state index contributed by atoms with van der Waals surface area (Å²) in [6, 6.07) is 11.3. The van der Waals surface area contributed by atoms with Crippen LogP contribution in [0, 0.1) is 11.3 Å². The SMILES string of the molecule is N#CC(=C1Nc2ccccc2O1)c1ccnc(NCCn2cncn2)n1. The summed E-state index contributed by atoms with van der Waals surface area (Å²) in [5.74, 6) is 1.46. The molecule has 0 bridgehead atoms. The molecule has 26 heavy (non-hydrogen) atoms. The first-order valence-corrected chi connectivity index (χ1v) is 7.91. The van der Waals surface area contributed by atoms with E-state index in [1.54, 1.807) is 23.3 Å². The van der Waals surface area contributed by atoms with Crippen molar-refractivity contribution < 1.29 is 4.74 Å². The minimum absolute atomic E-state index is 0.308. The average molecular weight is 346 g/mol. The van der Waals surface area contributed by atoms with E-state index in [-0.39, 0.29) is 0 Å². The summed E-state index contributed by atoms with van der Waals surface area (Å²) < 4.78 is 7.43. The summed E-state index contributed by atoms with van der Waals surface area (Å²) in [5, 5.41) is 19.8. The zero-order chi connectivity index (χ0) is 17.8. The molecular weight excluding hydrogens is 332 g/mol. The summed E-state index contributed by atoms with van der Waals surface area (Å²) in [6.07, 6.45) is 4.72. The number of ether oxygens (including phenoxy) is 1. The number of nitrogens with zero attached hydrogens (tertiary/aromatic N) is 6. The molecule has 0 aliphatic carbocycles. The van der Waals surface area contributed by atoms with Gasteiger partial charge in [-0.05, 0) is 18.2 Å². The number of rotatable bonds is 5. The van der Waals surface area contributed by atoms with Crippen molar-refractivity contribution in [3.63, 3.8) is 0 Å². The highest BCUT2D eigenvalue weighted by molar-refractivity contribution is 5.81. The standard InChI is InChI=1S/C17H14N8O/c18-9-12(16-23-14-3-1-2-4-15(14)26-16)13-5-6-20-17(24-13)21-7-8-25-11-19-10-22-25/h1-6,10-11,23H,7-8H2,(H,20,21,24). The quantitative estimate of drug-likeness (QED) is 0.673. The van der Waals surface area contributed by atoms with Gasteiger partial charge in [-0.25, -0.2) is 15.0 Å². The molecule has 0 unspecified atom stereocenters. The van der Waals surface area contributed by atoms with Crippen LogP contribution in [-0.4, -0.2) is 31.3 Å². The molecule has 0 atom stereocenters.